The van der Waals surface area contributed by atoms with Gasteiger partial charge in [-0.3, -0.25) is 0 Å². The first-order valence-corrected chi connectivity index (χ1v) is 7.54. The number of alkyl halides is 3. The van der Waals surface area contributed by atoms with Gasteiger partial charge in [-0.25, -0.2) is 9.18 Å². The van der Waals surface area contributed by atoms with Crippen molar-refractivity contribution < 1.29 is 27.1 Å². The van der Waals surface area contributed by atoms with E-state index in [4.69, 9.17) is 4.74 Å². The molecule has 1 aromatic carbocycles. The lowest BCUT2D eigenvalue weighted by Gasteiger charge is -2.40. The summed E-state index contributed by atoms with van der Waals surface area (Å²) in [6.45, 7) is 6.35. The zero-order valence-corrected chi connectivity index (χ0v) is 13.7. The first-order valence-electron chi connectivity index (χ1n) is 7.54. The van der Waals surface area contributed by atoms with Crippen LogP contribution in [0.25, 0.3) is 0 Å². The molecule has 4 nitrogen and oxygen atoms in total. The van der Waals surface area contributed by atoms with Gasteiger partial charge in [-0.2, -0.15) is 13.2 Å². The van der Waals surface area contributed by atoms with Crippen LogP contribution in [0.1, 0.15) is 26.3 Å². The zero-order valence-electron chi connectivity index (χ0n) is 13.7. The molecule has 1 fully saturated rings. The Hall–Kier alpha value is -1.99. The standard InChI is InChI=1S/C16H20F4N2O2/c1-15(2,3)24-14(23)22-8-10(9-22)7-21-13-5-4-11(17)6-12(13)16(18,19)20/h4-6,10,21H,7-9H2,1-3H3. The highest BCUT2D eigenvalue weighted by atomic mass is 19.4. The molecule has 0 aromatic heterocycles. The summed E-state index contributed by atoms with van der Waals surface area (Å²) >= 11 is 0. The summed E-state index contributed by atoms with van der Waals surface area (Å²) in [5.74, 6) is -0.920. The number of anilines is 1. The molecule has 1 aliphatic rings. The van der Waals surface area contributed by atoms with E-state index >= 15 is 0 Å². The molecule has 8 heteroatoms. The van der Waals surface area contributed by atoms with Gasteiger partial charge in [-0.1, -0.05) is 0 Å². The number of carbonyl (C=O) groups is 1. The quantitative estimate of drug-likeness (QED) is 0.836. The summed E-state index contributed by atoms with van der Waals surface area (Å²) in [5, 5.41) is 2.69. The van der Waals surface area contributed by atoms with E-state index in [2.05, 4.69) is 5.32 Å². The van der Waals surface area contributed by atoms with Gasteiger partial charge in [-0.15, -0.1) is 0 Å². The Morgan fingerprint density at radius 1 is 1.29 bits per heavy atom. The van der Waals surface area contributed by atoms with E-state index in [1.54, 1.807) is 20.8 Å². The minimum absolute atomic E-state index is 0.0173. The smallest absolute Gasteiger partial charge is 0.418 e. The third-order valence-electron chi connectivity index (χ3n) is 3.48. The van der Waals surface area contributed by atoms with Crippen molar-refractivity contribution in [2.75, 3.05) is 25.0 Å². The van der Waals surface area contributed by atoms with E-state index in [-0.39, 0.29) is 18.2 Å². The molecule has 1 aliphatic heterocycles. The molecule has 0 spiro atoms. The van der Waals surface area contributed by atoms with Crippen LogP contribution in [0.2, 0.25) is 0 Å². The molecule has 0 aliphatic carbocycles. The van der Waals surface area contributed by atoms with Gasteiger partial charge in [0.05, 0.1) is 5.56 Å². The summed E-state index contributed by atoms with van der Waals surface area (Å²) in [6.07, 6.45) is -5.07. The predicted molar refractivity (Wildman–Crippen MR) is 81.2 cm³/mol. The van der Waals surface area contributed by atoms with Gasteiger partial charge in [0.15, 0.2) is 0 Å². The minimum atomic E-state index is -4.63. The average molecular weight is 348 g/mol. The van der Waals surface area contributed by atoms with E-state index in [1.165, 1.54) is 4.90 Å². The van der Waals surface area contributed by atoms with E-state index in [9.17, 15) is 22.4 Å². The van der Waals surface area contributed by atoms with Gasteiger partial charge in [-0.05, 0) is 39.0 Å². The van der Waals surface area contributed by atoms with Crippen LogP contribution in [0.3, 0.4) is 0 Å². The van der Waals surface area contributed by atoms with Gasteiger partial charge >= 0.3 is 12.3 Å². The fourth-order valence-corrected chi connectivity index (χ4v) is 2.33. The number of nitrogens with zero attached hydrogens (tertiary/aromatic N) is 1. The van der Waals surface area contributed by atoms with Crippen LogP contribution in [-0.4, -0.2) is 36.2 Å². The SMILES string of the molecule is CC(C)(C)OC(=O)N1CC(CNc2ccc(F)cc2C(F)(F)F)C1. The summed E-state index contributed by atoms with van der Waals surface area (Å²) in [7, 11) is 0. The third-order valence-corrected chi connectivity index (χ3v) is 3.48. The number of rotatable bonds is 3. The highest BCUT2D eigenvalue weighted by Gasteiger charge is 2.36. The van der Waals surface area contributed by atoms with Gasteiger partial charge in [0.2, 0.25) is 0 Å². The molecule has 1 N–H and O–H groups in total. The molecule has 1 heterocycles. The van der Waals surface area contributed by atoms with Crippen molar-refractivity contribution in [3.8, 4) is 0 Å². The van der Waals surface area contributed by atoms with Crippen LogP contribution in [0.5, 0.6) is 0 Å². The number of amides is 1. The first-order chi connectivity index (χ1) is 11.0. The Kier molecular flexibility index (Phi) is 4.96. The summed E-state index contributed by atoms with van der Waals surface area (Å²) in [4.78, 5) is 13.3. The second-order valence-corrected chi connectivity index (χ2v) is 6.82. The van der Waals surface area contributed by atoms with Crippen LogP contribution in [-0.2, 0) is 10.9 Å². The zero-order chi connectivity index (χ0) is 18.1. The van der Waals surface area contributed by atoms with Gasteiger partial charge in [0.25, 0.3) is 0 Å². The normalized spacial score (nSPS) is 15.9. The molecule has 0 atom stereocenters. The second kappa shape index (κ2) is 6.49. The lowest BCUT2D eigenvalue weighted by Crippen LogP contribution is -2.53. The van der Waals surface area contributed by atoms with E-state index in [1.807, 2.05) is 0 Å². The maximum atomic E-state index is 13.0. The average Bonchev–Trinajstić information content (AvgIpc) is 2.35. The molecule has 24 heavy (non-hydrogen) atoms. The summed E-state index contributed by atoms with van der Waals surface area (Å²) in [6, 6.07) is 2.52. The Labute approximate surface area is 137 Å². The first kappa shape index (κ1) is 18.4. The highest BCUT2D eigenvalue weighted by Crippen LogP contribution is 2.35. The number of carbonyl (C=O) groups excluding carboxylic acids is 1. The fourth-order valence-electron chi connectivity index (χ4n) is 2.33. The molecule has 1 saturated heterocycles. The minimum Gasteiger partial charge on any atom is -0.444 e. The Morgan fingerprint density at radius 2 is 1.92 bits per heavy atom. The number of hydrogen-bond acceptors (Lipinski definition) is 3. The van der Waals surface area contributed by atoms with Crippen molar-refractivity contribution in [1.82, 2.24) is 4.90 Å². The van der Waals surface area contributed by atoms with Crippen LogP contribution in [0, 0.1) is 11.7 Å². The van der Waals surface area contributed by atoms with Gasteiger partial charge in [0.1, 0.15) is 11.4 Å². The van der Waals surface area contributed by atoms with Gasteiger partial charge < -0.3 is 15.0 Å². The van der Waals surface area contributed by atoms with E-state index in [0.29, 0.717) is 19.2 Å². The summed E-state index contributed by atoms with van der Waals surface area (Å²) < 4.78 is 56.9. The predicted octanol–water partition coefficient (Wildman–Crippen LogP) is 4.12. The summed E-state index contributed by atoms with van der Waals surface area (Å²) in [5.41, 5.74) is -1.79. The van der Waals surface area contributed by atoms with Crippen molar-refractivity contribution in [3.63, 3.8) is 0 Å². The lowest BCUT2D eigenvalue weighted by molar-refractivity contribution is -0.137. The van der Waals surface area contributed by atoms with Crippen molar-refractivity contribution >= 4 is 11.8 Å². The molecule has 0 saturated carbocycles. The lowest BCUT2D eigenvalue weighted by atomic mass is 10.0. The number of benzene rings is 1. The third kappa shape index (κ3) is 4.75. The Bertz CT molecular complexity index is 605. The van der Waals surface area contributed by atoms with Crippen molar-refractivity contribution in [2.45, 2.75) is 32.5 Å². The maximum Gasteiger partial charge on any atom is 0.418 e. The molecule has 0 radical (unpaired) electrons. The Morgan fingerprint density at radius 3 is 2.46 bits per heavy atom. The number of likely N-dealkylation sites (tertiary alicyclic amines) is 1. The molecular formula is C16H20F4N2O2. The van der Waals surface area contributed by atoms with E-state index < -0.39 is 29.3 Å². The Balaban J connectivity index is 1.88. The monoisotopic (exact) mass is 348 g/mol. The molecule has 0 unspecified atom stereocenters. The number of nitrogens with one attached hydrogen (secondary N) is 1. The highest BCUT2D eigenvalue weighted by molar-refractivity contribution is 5.69. The largest absolute Gasteiger partial charge is 0.444 e. The number of ether oxygens (including phenoxy) is 1. The number of halogens is 4. The molecule has 0 bridgehead atoms. The van der Waals surface area contributed by atoms with Crippen LogP contribution in [0.4, 0.5) is 28.0 Å². The number of hydrogen-bond donors (Lipinski definition) is 1. The van der Waals surface area contributed by atoms with Crippen molar-refractivity contribution in [1.29, 1.82) is 0 Å². The van der Waals surface area contributed by atoms with Crippen molar-refractivity contribution in [2.24, 2.45) is 5.92 Å². The van der Waals surface area contributed by atoms with Crippen LogP contribution >= 0.6 is 0 Å². The van der Waals surface area contributed by atoms with Crippen LogP contribution < -0.4 is 5.32 Å². The molecular weight excluding hydrogens is 328 g/mol. The fraction of sp³-hybridized carbons (Fsp3) is 0.562. The second-order valence-electron chi connectivity index (χ2n) is 6.82. The van der Waals surface area contributed by atoms with Gasteiger partial charge in [0, 0.05) is 31.2 Å². The molecule has 1 amide bonds. The molecule has 2 rings (SSSR count). The van der Waals surface area contributed by atoms with Crippen molar-refractivity contribution in [3.05, 3.63) is 29.6 Å². The molecule has 1 aromatic rings. The van der Waals surface area contributed by atoms with E-state index in [0.717, 1.165) is 12.1 Å². The van der Waals surface area contributed by atoms with Crippen LogP contribution in [0.15, 0.2) is 18.2 Å². The topological polar surface area (TPSA) is 41.6 Å². The molecule has 134 valence electrons. The maximum absolute atomic E-state index is 13.0.